The van der Waals surface area contributed by atoms with Gasteiger partial charge in [0.15, 0.2) is 16.6 Å². The fourth-order valence-corrected chi connectivity index (χ4v) is 6.35. The maximum absolute atomic E-state index is 13.7. The Labute approximate surface area is 246 Å². The number of ether oxygens (including phenoxy) is 2. The first-order valence-corrected chi connectivity index (χ1v) is 14.1. The van der Waals surface area contributed by atoms with Crippen molar-refractivity contribution in [2.45, 2.75) is 26.5 Å². The number of hydrogen-bond donors (Lipinski definition) is 1. The zero-order chi connectivity index (χ0) is 29.4. The molecule has 1 N–H and O–H groups in total. The van der Waals surface area contributed by atoms with Gasteiger partial charge in [0.05, 0.1) is 28.9 Å². The summed E-state index contributed by atoms with van der Waals surface area (Å²) in [5, 5.41) is 11.8. The van der Waals surface area contributed by atoms with Gasteiger partial charge in [0.25, 0.3) is 5.78 Å². The van der Waals surface area contributed by atoms with Crippen LogP contribution in [0, 0.1) is 13.8 Å². The van der Waals surface area contributed by atoms with E-state index in [2.05, 4.69) is 4.98 Å². The van der Waals surface area contributed by atoms with Crippen LogP contribution in [-0.4, -0.2) is 33.9 Å². The zero-order valence-corrected chi connectivity index (χ0v) is 24.0. The molecule has 0 saturated carbocycles. The normalized spacial score (nSPS) is 16.3. The highest BCUT2D eigenvalue weighted by atomic mass is 32.1. The van der Waals surface area contributed by atoms with Crippen molar-refractivity contribution in [1.29, 1.82) is 0 Å². The quantitative estimate of drug-likeness (QED) is 0.133. The predicted molar refractivity (Wildman–Crippen MR) is 162 cm³/mol. The van der Waals surface area contributed by atoms with Crippen molar-refractivity contribution in [3.63, 3.8) is 0 Å². The van der Waals surface area contributed by atoms with Gasteiger partial charge in [0.1, 0.15) is 12.4 Å². The number of nitrogens with zero attached hydrogens (tertiary/aromatic N) is 3. The molecule has 2 aromatic heterocycles. The highest BCUT2D eigenvalue weighted by Gasteiger charge is 2.48. The van der Waals surface area contributed by atoms with E-state index >= 15 is 0 Å². The first kappa shape index (κ1) is 27.2. The van der Waals surface area contributed by atoms with Crippen LogP contribution in [0.25, 0.3) is 16.0 Å². The van der Waals surface area contributed by atoms with Crippen molar-refractivity contribution < 1.29 is 24.2 Å². The molecule has 210 valence electrons. The van der Waals surface area contributed by atoms with Gasteiger partial charge in [-0.05, 0) is 66.4 Å². The van der Waals surface area contributed by atoms with E-state index in [1.54, 1.807) is 30.3 Å². The van der Waals surface area contributed by atoms with Crippen molar-refractivity contribution in [3.05, 3.63) is 119 Å². The molecule has 9 heteroatoms. The van der Waals surface area contributed by atoms with Gasteiger partial charge in [0, 0.05) is 18.0 Å². The van der Waals surface area contributed by atoms with Crippen LogP contribution in [-0.2, 0) is 16.2 Å². The van der Waals surface area contributed by atoms with Crippen LogP contribution >= 0.6 is 11.3 Å². The third kappa shape index (κ3) is 4.88. The first-order chi connectivity index (χ1) is 20.4. The molecule has 0 spiro atoms. The van der Waals surface area contributed by atoms with Crippen molar-refractivity contribution in [1.82, 2.24) is 9.97 Å². The number of ketones is 1. The summed E-state index contributed by atoms with van der Waals surface area (Å²) in [7, 11) is 1.53. The number of fused-ring (bicyclic) bond motifs is 1. The number of aryl methyl sites for hydroxylation is 2. The van der Waals surface area contributed by atoms with E-state index in [4.69, 9.17) is 14.5 Å². The number of aliphatic hydroxyl groups is 1. The molecule has 1 amide bonds. The second-order valence-corrected chi connectivity index (χ2v) is 11.0. The van der Waals surface area contributed by atoms with Crippen LogP contribution in [0.2, 0.25) is 0 Å². The summed E-state index contributed by atoms with van der Waals surface area (Å²) in [6, 6.07) is 21.3. The van der Waals surface area contributed by atoms with E-state index in [0.29, 0.717) is 34.4 Å². The van der Waals surface area contributed by atoms with Crippen molar-refractivity contribution >= 4 is 44.1 Å². The van der Waals surface area contributed by atoms with Gasteiger partial charge in [-0.3, -0.25) is 19.5 Å². The average Bonchev–Trinajstić information content (AvgIpc) is 3.54. The molecule has 0 radical (unpaired) electrons. The molecule has 1 atom stereocenters. The standard InChI is InChI=1S/C33H27N3O5S/c1-19-15-20(2)28-26(16-19)42-33(35-28)36-29(27(31(38)32(36)39)30(37)22-11-13-34-14-12-22)23-9-10-24(25(17-23)40-3)41-18-21-7-5-4-6-8-21/h4-17,29,37H,18H2,1-3H3. The molecule has 3 heterocycles. The highest BCUT2D eigenvalue weighted by molar-refractivity contribution is 7.22. The molecule has 3 aromatic carbocycles. The highest BCUT2D eigenvalue weighted by Crippen LogP contribution is 2.46. The first-order valence-electron chi connectivity index (χ1n) is 13.3. The number of hydrogen-bond acceptors (Lipinski definition) is 8. The van der Waals surface area contributed by atoms with Gasteiger partial charge in [-0.15, -0.1) is 0 Å². The lowest BCUT2D eigenvalue weighted by atomic mass is 9.95. The minimum atomic E-state index is -0.961. The van der Waals surface area contributed by atoms with E-state index in [-0.39, 0.29) is 11.3 Å². The lowest BCUT2D eigenvalue weighted by Gasteiger charge is -2.24. The minimum Gasteiger partial charge on any atom is -0.507 e. The molecule has 1 fully saturated rings. The SMILES string of the molecule is COc1cc(C2C(=C(O)c3ccncc3)C(=O)C(=O)N2c2nc3c(C)cc(C)cc3s2)ccc1OCc1ccccc1. The number of thiazole rings is 1. The van der Waals surface area contributed by atoms with Crippen LogP contribution in [0.15, 0.2) is 90.8 Å². The Morgan fingerprint density at radius 1 is 0.976 bits per heavy atom. The minimum absolute atomic E-state index is 0.0432. The number of anilines is 1. The number of aliphatic hydroxyl groups excluding tert-OH is 1. The fraction of sp³-hybridized carbons (Fsp3) is 0.152. The number of aromatic nitrogens is 2. The van der Waals surface area contributed by atoms with Crippen molar-refractivity contribution in [3.8, 4) is 11.5 Å². The Balaban J connectivity index is 1.49. The third-order valence-corrected chi connectivity index (χ3v) is 8.17. The van der Waals surface area contributed by atoms with E-state index in [1.165, 1.54) is 35.7 Å². The molecule has 8 nitrogen and oxygen atoms in total. The Hall–Kier alpha value is -5.02. The second kappa shape index (κ2) is 11.1. The number of carbonyl (C=O) groups excluding carboxylic acids is 2. The van der Waals surface area contributed by atoms with Gasteiger partial charge < -0.3 is 14.6 Å². The molecule has 1 aliphatic rings. The molecule has 1 unspecified atom stereocenters. The lowest BCUT2D eigenvalue weighted by Crippen LogP contribution is -2.29. The van der Waals surface area contributed by atoms with Gasteiger partial charge in [-0.1, -0.05) is 53.8 Å². The number of Topliss-reactive ketones (excluding diaryl/α,β-unsaturated/α-hetero) is 1. The summed E-state index contributed by atoms with van der Waals surface area (Å²) in [6.45, 7) is 4.30. The maximum Gasteiger partial charge on any atom is 0.301 e. The third-order valence-electron chi connectivity index (χ3n) is 7.16. The summed E-state index contributed by atoms with van der Waals surface area (Å²) in [6.07, 6.45) is 3.03. The molecule has 42 heavy (non-hydrogen) atoms. The average molecular weight is 578 g/mol. The summed E-state index contributed by atoms with van der Waals surface area (Å²) >= 11 is 1.33. The maximum atomic E-state index is 13.7. The zero-order valence-electron chi connectivity index (χ0n) is 23.2. The largest absolute Gasteiger partial charge is 0.507 e. The van der Waals surface area contributed by atoms with E-state index < -0.39 is 17.7 Å². The van der Waals surface area contributed by atoms with E-state index in [0.717, 1.165) is 26.9 Å². The molecule has 1 saturated heterocycles. The second-order valence-electron chi connectivity index (χ2n) is 10.0. The molecular formula is C33H27N3O5S. The summed E-state index contributed by atoms with van der Waals surface area (Å²) in [5.74, 6) is -0.937. The predicted octanol–water partition coefficient (Wildman–Crippen LogP) is 6.52. The van der Waals surface area contributed by atoms with Gasteiger partial charge in [0.2, 0.25) is 0 Å². The number of pyridine rings is 1. The topological polar surface area (TPSA) is 102 Å². The molecular weight excluding hydrogens is 550 g/mol. The van der Waals surface area contributed by atoms with Crippen LogP contribution in [0.1, 0.15) is 33.9 Å². The molecule has 0 bridgehead atoms. The van der Waals surface area contributed by atoms with Gasteiger partial charge in [-0.2, -0.15) is 0 Å². The molecule has 6 rings (SSSR count). The summed E-state index contributed by atoms with van der Waals surface area (Å²) in [4.78, 5) is 37.4. The Morgan fingerprint density at radius 2 is 1.74 bits per heavy atom. The van der Waals surface area contributed by atoms with Gasteiger partial charge in [-0.25, -0.2) is 4.98 Å². The number of carbonyl (C=O) groups is 2. The number of rotatable bonds is 7. The number of methoxy groups -OCH3 is 1. The van der Waals surface area contributed by atoms with Gasteiger partial charge >= 0.3 is 5.91 Å². The van der Waals surface area contributed by atoms with Crippen molar-refractivity contribution in [2.75, 3.05) is 12.0 Å². The number of benzene rings is 3. The molecule has 1 aliphatic heterocycles. The Morgan fingerprint density at radius 3 is 2.48 bits per heavy atom. The van der Waals surface area contributed by atoms with Crippen LogP contribution < -0.4 is 14.4 Å². The fourth-order valence-electron chi connectivity index (χ4n) is 5.18. The number of amides is 1. The van der Waals surface area contributed by atoms with E-state index in [9.17, 15) is 14.7 Å². The summed E-state index contributed by atoms with van der Waals surface area (Å²) in [5.41, 5.74) is 4.69. The Kier molecular flexibility index (Phi) is 7.18. The van der Waals surface area contributed by atoms with E-state index in [1.807, 2.05) is 56.3 Å². The van der Waals surface area contributed by atoms with Crippen LogP contribution in [0.4, 0.5) is 5.13 Å². The van der Waals surface area contributed by atoms with Crippen molar-refractivity contribution in [2.24, 2.45) is 0 Å². The lowest BCUT2D eigenvalue weighted by molar-refractivity contribution is -0.132. The molecule has 5 aromatic rings. The Bertz CT molecular complexity index is 1850. The van der Waals surface area contributed by atoms with Crippen LogP contribution in [0.5, 0.6) is 11.5 Å². The smallest absolute Gasteiger partial charge is 0.301 e. The summed E-state index contributed by atoms with van der Waals surface area (Å²) < 4.78 is 12.6. The monoisotopic (exact) mass is 577 g/mol. The van der Waals surface area contributed by atoms with Crippen LogP contribution in [0.3, 0.4) is 0 Å². The molecule has 0 aliphatic carbocycles.